The Morgan fingerprint density at radius 3 is 2.15 bits per heavy atom. The molecule has 3 nitrogen and oxygen atoms in total. The van der Waals surface area contributed by atoms with Gasteiger partial charge in [-0.3, -0.25) is 0 Å². The summed E-state index contributed by atoms with van der Waals surface area (Å²) in [4.78, 5) is 1.49. The van der Waals surface area contributed by atoms with Crippen molar-refractivity contribution in [1.82, 2.24) is 5.32 Å². The molecule has 5 heteroatoms. The van der Waals surface area contributed by atoms with E-state index in [2.05, 4.69) is 26.1 Å². The summed E-state index contributed by atoms with van der Waals surface area (Å²) in [6.45, 7) is 7.54. The van der Waals surface area contributed by atoms with E-state index < -0.39 is 9.84 Å². The Bertz CT molecular complexity index is 493. The van der Waals surface area contributed by atoms with Crippen LogP contribution in [0.5, 0.6) is 0 Å². The van der Waals surface area contributed by atoms with Crippen LogP contribution in [0.3, 0.4) is 0 Å². The average molecular weight is 316 g/mol. The van der Waals surface area contributed by atoms with Gasteiger partial charge < -0.3 is 5.32 Å². The monoisotopic (exact) mass is 315 g/mol. The van der Waals surface area contributed by atoms with Crippen LogP contribution >= 0.6 is 11.8 Å². The van der Waals surface area contributed by atoms with E-state index in [-0.39, 0.29) is 0 Å². The van der Waals surface area contributed by atoms with Gasteiger partial charge in [0.2, 0.25) is 0 Å². The van der Waals surface area contributed by atoms with Gasteiger partial charge in [0.1, 0.15) is 0 Å². The van der Waals surface area contributed by atoms with Gasteiger partial charge in [-0.25, -0.2) is 8.42 Å². The molecular formula is C15H25NO2S2. The zero-order chi connectivity index (χ0) is 15.2. The van der Waals surface area contributed by atoms with Crippen LogP contribution in [0.1, 0.15) is 33.6 Å². The molecule has 0 spiro atoms. The highest BCUT2D eigenvalue weighted by Crippen LogP contribution is 2.24. The molecular weight excluding hydrogens is 290 g/mol. The van der Waals surface area contributed by atoms with Crippen LogP contribution in [-0.4, -0.2) is 32.5 Å². The van der Waals surface area contributed by atoms with Crippen LogP contribution in [0.4, 0.5) is 0 Å². The minimum Gasteiger partial charge on any atom is -0.313 e. The fraction of sp³-hybridized carbons (Fsp3) is 0.600. The van der Waals surface area contributed by atoms with Crippen molar-refractivity contribution < 1.29 is 8.42 Å². The molecule has 0 aromatic heterocycles. The second-order valence-corrected chi connectivity index (χ2v) is 8.62. The smallest absolute Gasteiger partial charge is 0.175 e. The minimum atomic E-state index is -3.10. The van der Waals surface area contributed by atoms with Crippen molar-refractivity contribution in [3.8, 4) is 0 Å². The third-order valence-electron chi connectivity index (χ3n) is 3.27. The molecule has 1 N–H and O–H groups in total. The standard InChI is InChI=1S/C15H25NO2S2/c1-5-13(6-2)16-11-12(3)19-14-7-9-15(10-8-14)20(4,17)18/h7-10,12-13,16H,5-6,11H2,1-4H3. The third-order valence-corrected chi connectivity index (χ3v) is 5.51. The molecule has 0 aliphatic carbocycles. The maximum atomic E-state index is 11.4. The summed E-state index contributed by atoms with van der Waals surface area (Å²) in [6.07, 6.45) is 3.53. The minimum absolute atomic E-state index is 0.379. The molecule has 0 saturated heterocycles. The lowest BCUT2D eigenvalue weighted by Gasteiger charge is -2.18. The number of hydrogen-bond donors (Lipinski definition) is 1. The highest BCUT2D eigenvalue weighted by Gasteiger charge is 2.10. The Balaban J connectivity index is 2.52. The number of thioether (sulfide) groups is 1. The maximum Gasteiger partial charge on any atom is 0.175 e. The third kappa shape index (κ3) is 5.85. The van der Waals surface area contributed by atoms with Crippen LogP contribution in [-0.2, 0) is 9.84 Å². The molecule has 0 heterocycles. The Morgan fingerprint density at radius 1 is 1.15 bits per heavy atom. The molecule has 0 fully saturated rings. The first kappa shape index (κ1) is 17.5. The number of nitrogens with one attached hydrogen (secondary N) is 1. The summed E-state index contributed by atoms with van der Waals surface area (Å²) in [6, 6.07) is 7.71. The van der Waals surface area contributed by atoms with Crippen LogP contribution < -0.4 is 5.32 Å². The van der Waals surface area contributed by atoms with Gasteiger partial charge in [0.05, 0.1) is 4.90 Å². The first-order valence-corrected chi connectivity index (χ1v) is 9.84. The molecule has 1 aromatic carbocycles. The van der Waals surface area contributed by atoms with Gasteiger partial charge in [0, 0.05) is 29.0 Å². The topological polar surface area (TPSA) is 46.2 Å². The largest absolute Gasteiger partial charge is 0.313 e. The second-order valence-electron chi connectivity index (χ2n) is 5.09. The average Bonchev–Trinajstić information content (AvgIpc) is 2.39. The fourth-order valence-corrected chi connectivity index (χ4v) is 3.52. The first-order valence-electron chi connectivity index (χ1n) is 7.07. The summed E-state index contributed by atoms with van der Waals surface area (Å²) in [5, 5.41) is 4.02. The van der Waals surface area contributed by atoms with Gasteiger partial charge in [-0.1, -0.05) is 20.8 Å². The molecule has 1 rings (SSSR count). The molecule has 0 aliphatic rings. The van der Waals surface area contributed by atoms with E-state index in [0.717, 1.165) is 24.3 Å². The van der Waals surface area contributed by atoms with Crippen molar-refractivity contribution in [3.63, 3.8) is 0 Å². The van der Waals surface area contributed by atoms with E-state index in [1.54, 1.807) is 23.9 Å². The highest BCUT2D eigenvalue weighted by atomic mass is 32.2. The summed E-state index contributed by atoms with van der Waals surface area (Å²) in [7, 11) is -3.10. The molecule has 0 saturated carbocycles. The second kappa shape index (κ2) is 8.05. The van der Waals surface area contributed by atoms with E-state index in [0.29, 0.717) is 16.2 Å². The molecule has 0 bridgehead atoms. The molecule has 1 unspecified atom stereocenters. The molecule has 0 radical (unpaired) electrons. The molecule has 0 amide bonds. The van der Waals surface area contributed by atoms with Gasteiger partial charge in [-0.2, -0.15) is 0 Å². The van der Waals surface area contributed by atoms with Crippen LogP contribution in [0.15, 0.2) is 34.1 Å². The number of benzene rings is 1. The predicted octanol–water partition coefficient (Wildman–Crippen LogP) is 3.35. The molecule has 1 aromatic rings. The summed E-state index contributed by atoms with van der Waals surface area (Å²) < 4.78 is 22.8. The number of hydrogen-bond acceptors (Lipinski definition) is 4. The zero-order valence-electron chi connectivity index (χ0n) is 12.7. The highest BCUT2D eigenvalue weighted by molar-refractivity contribution is 8.00. The predicted molar refractivity (Wildman–Crippen MR) is 87.2 cm³/mol. The summed E-state index contributed by atoms with van der Waals surface area (Å²) in [5.41, 5.74) is 0. The molecule has 114 valence electrons. The van der Waals surface area contributed by atoms with Gasteiger partial charge in [0.25, 0.3) is 0 Å². The molecule has 1 atom stereocenters. The van der Waals surface area contributed by atoms with Crippen molar-refractivity contribution >= 4 is 21.6 Å². The quantitative estimate of drug-likeness (QED) is 0.747. The number of sulfone groups is 1. The Morgan fingerprint density at radius 2 is 1.70 bits per heavy atom. The normalized spacial score (nSPS) is 13.7. The maximum absolute atomic E-state index is 11.4. The van der Waals surface area contributed by atoms with Crippen LogP contribution in [0, 0.1) is 0 Å². The van der Waals surface area contributed by atoms with Crippen molar-refractivity contribution in [1.29, 1.82) is 0 Å². The Hall–Kier alpha value is -0.520. The molecule has 20 heavy (non-hydrogen) atoms. The summed E-state index contributed by atoms with van der Waals surface area (Å²) in [5.74, 6) is 0. The molecule has 0 aliphatic heterocycles. The van der Waals surface area contributed by atoms with E-state index in [4.69, 9.17) is 0 Å². The van der Waals surface area contributed by atoms with E-state index in [1.807, 2.05) is 12.1 Å². The zero-order valence-corrected chi connectivity index (χ0v) is 14.4. The first-order chi connectivity index (χ1) is 9.36. The Kier molecular flexibility index (Phi) is 7.06. The van der Waals surface area contributed by atoms with E-state index in [1.165, 1.54) is 6.26 Å². The lowest BCUT2D eigenvalue weighted by atomic mass is 10.2. The van der Waals surface area contributed by atoms with Gasteiger partial charge in [-0.05, 0) is 37.1 Å². The SMILES string of the molecule is CCC(CC)NCC(C)Sc1ccc(S(C)(=O)=O)cc1. The van der Waals surface area contributed by atoms with Crippen molar-refractivity contribution in [2.75, 3.05) is 12.8 Å². The van der Waals surface area contributed by atoms with Gasteiger partial charge in [-0.15, -0.1) is 11.8 Å². The van der Waals surface area contributed by atoms with Crippen LogP contribution in [0.2, 0.25) is 0 Å². The van der Waals surface area contributed by atoms with E-state index >= 15 is 0 Å². The van der Waals surface area contributed by atoms with Crippen molar-refractivity contribution in [2.45, 2.75) is 54.7 Å². The van der Waals surface area contributed by atoms with Crippen molar-refractivity contribution in [3.05, 3.63) is 24.3 Å². The fourth-order valence-electron chi connectivity index (χ4n) is 1.95. The van der Waals surface area contributed by atoms with Gasteiger partial charge in [0.15, 0.2) is 9.84 Å². The number of rotatable bonds is 8. The summed E-state index contributed by atoms with van der Waals surface area (Å²) >= 11 is 1.77. The Labute approximate surface area is 127 Å². The lowest BCUT2D eigenvalue weighted by molar-refractivity contribution is 0.488. The van der Waals surface area contributed by atoms with E-state index in [9.17, 15) is 8.42 Å². The van der Waals surface area contributed by atoms with Gasteiger partial charge >= 0.3 is 0 Å². The van der Waals surface area contributed by atoms with Crippen LogP contribution in [0.25, 0.3) is 0 Å². The van der Waals surface area contributed by atoms with Crippen molar-refractivity contribution in [2.24, 2.45) is 0 Å². The lowest BCUT2D eigenvalue weighted by Crippen LogP contribution is -2.32.